The van der Waals surface area contributed by atoms with Crippen LogP contribution in [0.15, 0.2) is 57.9 Å². The number of rotatable bonds is 4. The molecule has 0 amide bonds. The highest BCUT2D eigenvalue weighted by atomic mass is 35.5. The van der Waals surface area contributed by atoms with Crippen molar-refractivity contribution in [3.63, 3.8) is 0 Å². The Balaban J connectivity index is 1.86. The molecule has 0 bridgehead atoms. The molecule has 0 saturated heterocycles. The van der Waals surface area contributed by atoms with Crippen molar-refractivity contribution in [3.8, 4) is 11.1 Å². The Morgan fingerprint density at radius 2 is 1.62 bits per heavy atom. The quantitative estimate of drug-likeness (QED) is 0.705. The van der Waals surface area contributed by atoms with Crippen LogP contribution < -0.4 is 4.72 Å². The first-order chi connectivity index (χ1) is 11.3. The summed E-state index contributed by atoms with van der Waals surface area (Å²) in [6.07, 6.45) is 0. The molecule has 0 fully saturated rings. The molecule has 2 aromatic carbocycles. The van der Waals surface area contributed by atoms with Gasteiger partial charge in [0.15, 0.2) is 5.82 Å². The minimum absolute atomic E-state index is 0.118. The van der Waals surface area contributed by atoms with E-state index in [4.69, 9.17) is 27.7 Å². The van der Waals surface area contributed by atoms with Gasteiger partial charge >= 0.3 is 0 Å². The number of anilines is 1. The van der Waals surface area contributed by atoms with Crippen LogP contribution >= 0.6 is 23.2 Å². The fourth-order valence-corrected chi connectivity index (χ4v) is 3.40. The lowest BCUT2D eigenvalue weighted by Crippen LogP contribution is -2.13. The summed E-state index contributed by atoms with van der Waals surface area (Å²) in [5.74, 6) is 0.656. The molecule has 1 N–H and O–H groups in total. The maximum atomic E-state index is 12.3. The van der Waals surface area contributed by atoms with Crippen molar-refractivity contribution in [2.24, 2.45) is 0 Å². The van der Waals surface area contributed by atoms with Gasteiger partial charge in [-0.05, 0) is 42.3 Å². The summed E-state index contributed by atoms with van der Waals surface area (Å²) >= 11 is 11.9. The van der Waals surface area contributed by atoms with Crippen LogP contribution in [0.2, 0.25) is 10.0 Å². The van der Waals surface area contributed by atoms with Crippen molar-refractivity contribution in [3.05, 3.63) is 64.3 Å². The summed E-state index contributed by atoms with van der Waals surface area (Å²) in [6, 6.07) is 13.1. The molecule has 24 heavy (non-hydrogen) atoms. The number of nitrogens with one attached hydrogen (secondary N) is 1. The van der Waals surface area contributed by atoms with Crippen LogP contribution in [0.3, 0.4) is 0 Å². The first kappa shape index (κ1) is 16.8. The van der Waals surface area contributed by atoms with Crippen LogP contribution in [-0.2, 0) is 10.0 Å². The van der Waals surface area contributed by atoms with Gasteiger partial charge in [-0.3, -0.25) is 4.72 Å². The van der Waals surface area contributed by atoms with Crippen molar-refractivity contribution in [2.75, 3.05) is 4.72 Å². The number of aryl methyl sites for hydroxylation is 1. The van der Waals surface area contributed by atoms with Crippen LogP contribution in [0.1, 0.15) is 5.76 Å². The smallest absolute Gasteiger partial charge is 0.263 e. The largest absolute Gasteiger partial charge is 0.360 e. The Kier molecular flexibility index (Phi) is 4.54. The van der Waals surface area contributed by atoms with Gasteiger partial charge in [-0.1, -0.05) is 46.6 Å². The predicted octanol–water partition coefficient (Wildman–Crippen LogP) is 4.76. The van der Waals surface area contributed by atoms with Crippen LogP contribution in [0, 0.1) is 6.92 Å². The number of halogens is 2. The Bertz CT molecular complexity index is 983. The Morgan fingerprint density at radius 1 is 0.958 bits per heavy atom. The Labute approximate surface area is 149 Å². The molecule has 5 nitrogen and oxygen atoms in total. The van der Waals surface area contributed by atoms with Crippen molar-refractivity contribution < 1.29 is 12.9 Å². The van der Waals surface area contributed by atoms with Gasteiger partial charge < -0.3 is 4.52 Å². The van der Waals surface area contributed by atoms with E-state index in [1.807, 2.05) is 6.07 Å². The van der Waals surface area contributed by atoms with Crippen LogP contribution in [0.25, 0.3) is 11.1 Å². The van der Waals surface area contributed by atoms with Crippen molar-refractivity contribution in [2.45, 2.75) is 11.8 Å². The molecule has 0 aliphatic heterocycles. The van der Waals surface area contributed by atoms with Crippen molar-refractivity contribution >= 4 is 39.0 Å². The maximum absolute atomic E-state index is 12.3. The van der Waals surface area contributed by atoms with E-state index in [-0.39, 0.29) is 10.7 Å². The molecule has 8 heteroatoms. The van der Waals surface area contributed by atoms with Gasteiger partial charge in [0.1, 0.15) is 5.76 Å². The average Bonchev–Trinajstić information content (AvgIpc) is 2.94. The van der Waals surface area contributed by atoms with Gasteiger partial charge in [-0.2, -0.15) is 0 Å². The molecule has 124 valence electrons. The summed E-state index contributed by atoms with van der Waals surface area (Å²) in [7, 11) is -3.73. The first-order valence-electron chi connectivity index (χ1n) is 6.87. The molecule has 1 aromatic heterocycles. The lowest BCUT2D eigenvalue weighted by Gasteiger charge is -2.07. The standard InChI is InChI=1S/C16H12Cl2N2O3S/c1-10-8-16(19-23-10)20-24(21,22)13-5-2-11(3-6-13)12-4-7-14(17)15(18)9-12/h2-9H,1H3,(H,19,20). The number of benzene rings is 2. The summed E-state index contributed by atoms with van der Waals surface area (Å²) in [6.45, 7) is 1.68. The molecule has 0 atom stereocenters. The van der Waals surface area contributed by atoms with Gasteiger partial charge in [0.2, 0.25) is 0 Å². The van der Waals surface area contributed by atoms with Gasteiger partial charge in [0.05, 0.1) is 14.9 Å². The van der Waals surface area contributed by atoms with Gasteiger partial charge in [-0.15, -0.1) is 0 Å². The summed E-state index contributed by atoms with van der Waals surface area (Å²) in [4.78, 5) is 0.118. The van der Waals surface area contributed by atoms with Crippen molar-refractivity contribution in [1.29, 1.82) is 0 Å². The lowest BCUT2D eigenvalue weighted by molar-refractivity contribution is 0.400. The summed E-state index contributed by atoms with van der Waals surface area (Å²) < 4.78 is 31.9. The van der Waals surface area contributed by atoms with E-state index in [1.165, 1.54) is 18.2 Å². The number of nitrogens with zero attached hydrogens (tertiary/aromatic N) is 1. The second-order valence-electron chi connectivity index (χ2n) is 5.08. The molecular weight excluding hydrogens is 371 g/mol. The number of hydrogen-bond donors (Lipinski definition) is 1. The van der Waals surface area contributed by atoms with E-state index < -0.39 is 10.0 Å². The van der Waals surface area contributed by atoms with E-state index in [0.29, 0.717) is 15.8 Å². The SMILES string of the molecule is Cc1cc(NS(=O)(=O)c2ccc(-c3ccc(Cl)c(Cl)c3)cc2)no1. The Hall–Kier alpha value is -2.02. The number of aromatic nitrogens is 1. The molecular formula is C16H12Cl2N2O3S. The minimum Gasteiger partial charge on any atom is -0.360 e. The predicted molar refractivity (Wildman–Crippen MR) is 93.9 cm³/mol. The molecule has 3 rings (SSSR count). The van der Waals surface area contributed by atoms with E-state index in [9.17, 15) is 8.42 Å². The van der Waals surface area contributed by atoms with Gasteiger partial charge in [0, 0.05) is 6.07 Å². The lowest BCUT2D eigenvalue weighted by atomic mass is 10.1. The van der Waals surface area contributed by atoms with Crippen LogP contribution in [0.5, 0.6) is 0 Å². The molecule has 0 unspecified atom stereocenters. The van der Waals surface area contributed by atoms with E-state index in [0.717, 1.165) is 11.1 Å². The third kappa shape index (κ3) is 3.56. The molecule has 0 spiro atoms. The second-order valence-corrected chi connectivity index (χ2v) is 7.58. The normalized spacial score (nSPS) is 11.5. The highest BCUT2D eigenvalue weighted by molar-refractivity contribution is 7.92. The van der Waals surface area contributed by atoms with Crippen LogP contribution in [0.4, 0.5) is 5.82 Å². The maximum Gasteiger partial charge on any atom is 0.263 e. The monoisotopic (exact) mass is 382 g/mol. The molecule has 3 aromatic rings. The highest BCUT2D eigenvalue weighted by Crippen LogP contribution is 2.29. The molecule has 0 saturated carbocycles. The summed E-state index contributed by atoms with van der Waals surface area (Å²) in [5, 5.41) is 4.52. The zero-order valence-electron chi connectivity index (χ0n) is 12.5. The second kappa shape index (κ2) is 6.47. The first-order valence-corrected chi connectivity index (χ1v) is 9.11. The fraction of sp³-hybridized carbons (Fsp3) is 0.0625. The fourth-order valence-electron chi connectivity index (χ4n) is 2.11. The zero-order chi connectivity index (χ0) is 17.3. The topological polar surface area (TPSA) is 72.2 Å². The molecule has 0 aliphatic rings. The van der Waals surface area contributed by atoms with E-state index in [1.54, 1.807) is 31.2 Å². The average molecular weight is 383 g/mol. The third-order valence-corrected chi connectivity index (χ3v) is 5.39. The van der Waals surface area contributed by atoms with E-state index >= 15 is 0 Å². The zero-order valence-corrected chi connectivity index (χ0v) is 14.8. The molecule has 1 heterocycles. The van der Waals surface area contributed by atoms with Gasteiger partial charge in [0.25, 0.3) is 10.0 Å². The number of sulfonamides is 1. The number of hydrogen-bond acceptors (Lipinski definition) is 4. The minimum atomic E-state index is -3.73. The Morgan fingerprint density at radius 3 is 2.21 bits per heavy atom. The molecule has 0 radical (unpaired) electrons. The van der Waals surface area contributed by atoms with Crippen LogP contribution in [-0.4, -0.2) is 13.6 Å². The highest BCUT2D eigenvalue weighted by Gasteiger charge is 2.16. The van der Waals surface area contributed by atoms with Gasteiger partial charge in [-0.25, -0.2) is 8.42 Å². The molecule has 0 aliphatic carbocycles. The van der Waals surface area contributed by atoms with Crippen molar-refractivity contribution in [1.82, 2.24) is 5.16 Å². The summed E-state index contributed by atoms with van der Waals surface area (Å²) in [5.41, 5.74) is 1.67. The van der Waals surface area contributed by atoms with E-state index in [2.05, 4.69) is 9.88 Å². The third-order valence-electron chi connectivity index (χ3n) is 3.28.